The lowest BCUT2D eigenvalue weighted by atomic mass is 9.92. The first-order valence-electron chi connectivity index (χ1n) is 18.8. The maximum absolute atomic E-state index is 15.1. The molecule has 0 spiro atoms. The molecule has 4 aliphatic heterocycles. The lowest BCUT2D eigenvalue weighted by molar-refractivity contribution is 0.0193. The van der Waals surface area contributed by atoms with Crippen molar-refractivity contribution < 1.29 is 28.9 Å². The van der Waals surface area contributed by atoms with Gasteiger partial charge in [0.1, 0.15) is 11.6 Å². The molecule has 6 heterocycles. The summed E-state index contributed by atoms with van der Waals surface area (Å²) in [7, 11) is 3.93. The number of nitrogens with zero attached hydrogens (tertiary/aromatic N) is 6. The molecule has 0 aliphatic carbocycles. The zero-order chi connectivity index (χ0) is 37.8. The first-order chi connectivity index (χ1) is 26.7. The molecule has 1 N–H and O–H groups in total. The first kappa shape index (κ1) is 39.9. The zero-order valence-electron chi connectivity index (χ0n) is 32.1. The fourth-order valence-corrected chi connectivity index (χ4v) is 8.37. The van der Waals surface area contributed by atoms with Gasteiger partial charge in [-0.25, -0.2) is 4.98 Å². The van der Waals surface area contributed by atoms with Crippen LogP contribution >= 0.6 is 24.8 Å². The summed E-state index contributed by atoms with van der Waals surface area (Å²) in [5.74, 6) is 1.71. The molecule has 2 aromatic heterocycles. The van der Waals surface area contributed by atoms with Gasteiger partial charge in [-0.3, -0.25) is 19.4 Å². The van der Waals surface area contributed by atoms with Gasteiger partial charge in [0, 0.05) is 75.5 Å². The number of hydrogen-bond donors (Lipinski definition) is 1. The molecule has 57 heavy (non-hydrogen) atoms. The van der Waals surface area contributed by atoms with E-state index in [1.807, 2.05) is 54.8 Å². The number of aromatic nitrogens is 2. The Kier molecular flexibility index (Phi) is 11.4. The van der Waals surface area contributed by atoms with Gasteiger partial charge in [-0.2, -0.15) is 0 Å². The van der Waals surface area contributed by atoms with Gasteiger partial charge in [0.05, 0.1) is 36.2 Å². The summed E-state index contributed by atoms with van der Waals surface area (Å²) < 4.78 is 19.3. The number of aromatic hydroxyl groups is 1. The summed E-state index contributed by atoms with van der Waals surface area (Å²) in [4.78, 5) is 42.9. The number of phenols is 1. The Bertz CT molecular complexity index is 2310. The summed E-state index contributed by atoms with van der Waals surface area (Å²) in [5.41, 5.74) is 7.73. The van der Waals surface area contributed by atoms with Crippen LogP contribution in [0.3, 0.4) is 0 Å². The van der Waals surface area contributed by atoms with Crippen molar-refractivity contribution in [1.29, 1.82) is 0 Å². The number of benzene rings is 3. The number of phenolic OH excluding ortho intramolecular Hbond substituents is 1. The van der Waals surface area contributed by atoms with E-state index in [0.29, 0.717) is 65.0 Å². The third-order valence-corrected chi connectivity index (χ3v) is 11.5. The lowest BCUT2D eigenvalue weighted by Crippen LogP contribution is -2.52. The molecule has 12 nitrogen and oxygen atoms in total. The van der Waals surface area contributed by atoms with Crippen molar-refractivity contribution in [1.82, 2.24) is 19.4 Å². The Morgan fingerprint density at radius 3 is 2.33 bits per heavy atom. The predicted octanol–water partition coefficient (Wildman–Crippen LogP) is 6.54. The number of pyridine rings is 1. The van der Waals surface area contributed by atoms with Crippen LogP contribution in [0.15, 0.2) is 79.0 Å². The highest BCUT2D eigenvalue weighted by Gasteiger charge is 2.35. The first-order valence-corrected chi connectivity index (χ1v) is 18.8. The van der Waals surface area contributed by atoms with Crippen LogP contribution in [-0.4, -0.2) is 95.5 Å². The predicted molar refractivity (Wildman–Crippen MR) is 223 cm³/mol. The number of carbonyl (C=O) groups excluding carboxylic acids is 2. The van der Waals surface area contributed by atoms with Gasteiger partial charge in [0.25, 0.3) is 11.8 Å². The monoisotopic (exact) mass is 812 g/mol. The van der Waals surface area contributed by atoms with Gasteiger partial charge < -0.3 is 33.7 Å². The lowest BCUT2D eigenvalue weighted by Gasteiger charge is -2.40. The van der Waals surface area contributed by atoms with Crippen molar-refractivity contribution in [2.45, 2.75) is 32.4 Å². The molecular weight excluding hydrogens is 767 g/mol. The minimum Gasteiger partial charge on any atom is -0.508 e. The number of likely N-dealkylation sites (N-methyl/N-ethyl adjacent to an activating group) is 1. The van der Waals surface area contributed by atoms with Crippen molar-refractivity contribution in [3.05, 3.63) is 113 Å². The quantitative estimate of drug-likeness (QED) is 0.196. The minimum absolute atomic E-state index is 0. The Hall–Kier alpha value is -5.27. The van der Waals surface area contributed by atoms with Crippen LogP contribution in [0.1, 0.15) is 43.1 Å². The number of amides is 2. The zero-order valence-corrected chi connectivity index (χ0v) is 33.8. The van der Waals surface area contributed by atoms with Crippen LogP contribution in [0.4, 0.5) is 17.2 Å². The molecule has 1 atom stereocenters. The summed E-state index contributed by atoms with van der Waals surface area (Å²) in [5, 5.41) is 10.1. The van der Waals surface area contributed by atoms with Crippen LogP contribution in [0.2, 0.25) is 0 Å². The van der Waals surface area contributed by atoms with E-state index in [-0.39, 0.29) is 55.2 Å². The van der Waals surface area contributed by atoms with Gasteiger partial charge in [-0.05, 0) is 85.0 Å². The van der Waals surface area contributed by atoms with Crippen LogP contribution in [-0.2, 0) is 31.2 Å². The topological polar surface area (TPSA) is 113 Å². The Morgan fingerprint density at radius 1 is 0.860 bits per heavy atom. The van der Waals surface area contributed by atoms with E-state index >= 15 is 4.79 Å². The molecule has 1 fully saturated rings. The second-order valence-corrected chi connectivity index (χ2v) is 14.8. The van der Waals surface area contributed by atoms with Gasteiger partial charge in [0.15, 0.2) is 11.5 Å². The number of morpholine rings is 1. The highest BCUT2D eigenvalue weighted by molar-refractivity contribution is 6.12. The molecule has 0 unspecified atom stereocenters. The van der Waals surface area contributed by atoms with Crippen LogP contribution in [0.5, 0.6) is 17.2 Å². The molecule has 9 rings (SSSR count). The van der Waals surface area contributed by atoms with Crippen LogP contribution < -0.4 is 19.3 Å². The maximum Gasteiger partial charge on any atom is 0.264 e. The van der Waals surface area contributed by atoms with Crippen molar-refractivity contribution in [2.24, 2.45) is 7.05 Å². The molecule has 0 saturated carbocycles. The van der Waals surface area contributed by atoms with Crippen LogP contribution in [0, 0.1) is 6.92 Å². The number of ether oxygens (including phenoxy) is 3. The Labute approximate surface area is 344 Å². The highest BCUT2D eigenvalue weighted by Crippen LogP contribution is 2.42. The van der Waals surface area contributed by atoms with Crippen molar-refractivity contribution in [2.75, 3.05) is 63.0 Å². The number of hydrogen-bond acceptors (Lipinski definition) is 9. The number of carbonyl (C=O) groups is 2. The van der Waals surface area contributed by atoms with E-state index in [2.05, 4.69) is 28.0 Å². The largest absolute Gasteiger partial charge is 0.508 e. The second-order valence-electron chi connectivity index (χ2n) is 14.8. The SMILES string of the molecule is Cc1c(C(=O)N(c2ccc(O)cc2)c2cnc3c(c2)CCN3C)cc(-c2cc3c(cc2C(=O)N2Cc4ccccc4C[C@H]2CN2CCOCC2)OCO3)n1C.Cl.Cl. The fraction of sp³-hybridized carbons (Fsp3) is 0.326. The summed E-state index contributed by atoms with van der Waals surface area (Å²) >= 11 is 0. The Balaban J connectivity index is 0.00000248. The number of fused-ring (bicyclic) bond motifs is 3. The van der Waals surface area contributed by atoms with E-state index in [9.17, 15) is 9.90 Å². The summed E-state index contributed by atoms with van der Waals surface area (Å²) in [6.07, 6.45) is 3.31. The van der Waals surface area contributed by atoms with Gasteiger partial charge in [0.2, 0.25) is 6.79 Å². The molecule has 14 heteroatoms. The fourth-order valence-electron chi connectivity index (χ4n) is 8.37. The van der Waals surface area contributed by atoms with Gasteiger partial charge >= 0.3 is 0 Å². The molecule has 3 aromatic carbocycles. The average Bonchev–Trinajstić information content (AvgIpc) is 3.91. The van der Waals surface area contributed by atoms with E-state index in [0.717, 1.165) is 61.7 Å². The van der Waals surface area contributed by atoms with Crippen molar-refractivity contribution in [3.63, 3.8) is 0 Å². The average molecular weight is 814 g/mol. The number of rotatable bonds is 7. The van der Waals surface area contributed by atoms with E-state index in [1.54, 1.807) is 41.4 Å². The molecule has 0 radical (unpaired) electrons. The standard InChI is InChI=1S/C43H44N6O6.2ClH/c1-27-35(43(52)49(31-8-10-34(50)11-9-31)32-19-29-12-13-45(2)41(29)44-23-32)20-38(46(27)3)36-21-39-40(55-26-54-39)22-37(36)42(51)48-24-30-7-5-4-6-28(30)18-33(48)25-47-14-16-53-17-15-47;;/h4-11,19-23,33,50H,12-18,24-26H2,1-3H3;2*1H/t33-;;/m0../s1. The van der Waals surface area contributed by atoms with Gasteiger partial charge in [-0.15, -0.1) is 24.8 Å². The number of anilines is 3. The highest BCUT2D eigenvalue weighted by atomic mass is 35.5. The molecule has 5 aromatic rings. The number of halogens is 2. The molecule has 2 amide bonds. The van der Waals surface area contributed by atoms with Crippen LogP contribution in [0.25, 0.3) is 11.3 Å². The van der Waals surface area contributed by atoms with Crippen molar-refractivity contribution in [3.8, 4) is 28.5 Å². The molecule has 298 valence electrons. The second kappa shape index (κ2) is 16.3. The summed E-state index contributed by atoms with van der Waals surface area (Å²) in [6, 6.07) is 22.5. The normalized spacial score (nSPS) is 17.0. The van der Waals surface area contributed by atoms with Crippen molar-refractivity contribution >= 4 is 53.8 Å². The molecule has 1 saturated heterocycles. The van der Waals surface area contributed by atoms with E-state index in [4.69, 9.17) is 19.2 Å². The Morgan fingerprint density at radius 2 is 1.58 bits per heavy atom. The summed E-state index contributed by atoms with van der Waals surface area (Å²) in [6.45, 7) is 7.08. The van der Waals surface area contributed by atoms with E-state index < -0.39 is 0 Å². The van der Waals surface area contributed by atoms with E-state index in [1.165, 1.54) is 5.56 Å². The third-order valence-electron chi connectivity index (χ3n) is 11.5. The third kappa shape index (κ3) is 7.38. The maximum atomic E-state index is 15.1. The van der Waals surface area contributed by atoms with Gasteiger partial charge in [-0.1, -0.05) is 24.3 Å². The molecule has 0 bridgehead atoms. The minimum atomic E-state index is -0.259. The smallest absolute Gasteiger partial charge is 0.264 e. The molecule has 4 aliphatic rings. The molecular formula is C43H46Cl2N6O6.